The fraction of sp³-hybridized carbons (Fsp3) is 0.375. The van der Waals surface area contributed by atoms with E-state index in [0.29, 0.717) is 23.5 Å². The number of aromatic nitrogens is 1. The van der Waals surface area contributed by atoms with Crippen molar-refractivity contribution in [3.63, 3.8) is 0 Å². The van der Waals surface area contributed by atoms with Crippen LogP contribution >= 0.6 is 0 Å². The van der Waals surface area contributed by atoms with Crippen molar-refractivity contribution in [1.29, 1.82) is 5.41 Å². The molecule has 0 aliphatic carbocycles. The lowest BCUT2D eigenvalue weighted by molar-refractivity contribution is 0.340. The summed E-state index contributed by atoms with van der Waals surface area (Å²) in [4.78, 5) is 0. The Morgan fingerprint density at radius 2 is 2.38 bits per heavy atom. The van der Waals surface area contributed by atoms with Gasteiger partial charge in [0.2, 0.25) is 0 Å². The van der Waals surface area contributed by atoms with Crippen LogP contribution in [0.3, 0.4) is 0 Å². The molecule has 1 rings (SSSR count). The Morgan fingerprint density at radius 3 is 2.92 bits per heavy atom. The summed E-state index contributed by atoms with van der Waals surface area (Å²) in [5.41, 5.74) is 9.31. The second kappa shape index (κ2) is 3.84. The highest BCUT2D eigenvalue weighted by atomic mass is 16.5. The molecule has 13 heavy (non-hydrogen) atoms. The summed E-state index contributed by atoms with van der Waals surface area (Å²) < 4.78 is 6.74. The number of rotatable bonds is 3. The highest BCUT2D eigenvalue weighted by Crippen LogP contribution is 2.16. The van der Waals surface area contributed by atoms with Crippen LogP contribution < -0.4 is 21.4 Å². The Hall–Kier alpha value is -1.65. The Kier molecular flexibility index (Phi) is 2.79. The molecule has 0 bridgehead atoms. The van der Waals surface area contributed by atoms with Crippen molar-refractivity contribution < 1.29 is 4.74 Å². The third-order valence-corrected chi connectivity index (χ3v) is 1.62. The summed E-state index contributed by atoms with van der Waals surface area (Å²) in [6, 6.07) is 1.58. The van der Waals surface area contributed by atoms with Crippen LogP contribution in [0.15, 0.2) is 12.3 Å². The average Bonchev–Trinajstić information content (AvgIpc) is 2.11. The van der Waals surface area contributed by atoms with E-state index in [4.69, 9.17) is 15.9 Å². The number of nitrogens with two attached hydrogens (primary N) is 1. The molecule has 0 spiro atoms. The van der Waals surface area contributed by atoms with Gasteiger partial charge in [0.1, 0.15) is 11.2 Å². The van der Waals surface area contributed by atoms with Crippen molar-refractivity contribution in [3.8, 4) is 5.75 Å². The van der Waals surface area contributed by atoms with E-state index in [2.05, 4.69) is 5.43 Å². The van der Waals surface area contributed by atoms with E-state index in [1.54, 1.807) is 19.3 Å². The highest BCUT2D eigenvalue weighted by Gasteiger charge is 2.01. The second-order valence-corrected chi connectivity index (χ2v) is 2.50. The first kappa shape index (κ1) is 9.44. The normalized spacial score (nSPS) is 9.69. The van der Waals surface area contributed by atoms with Crippen molar-refractivity contribution in [1.82, 2.24) is 4.68 Å². The number of pyridine rings is 1. The van der Waals surface area contributed by atoms with Gasteiger partial charge in [-0.25, -0.2) is 4.68 Å². The molecule has 5 heteroatoms. The summed E-state index contributed by atoms with van der Waals surface area (Å²) in [5.74, 6) is 0.555. The molecular formula is C8H14N4O. The van der Waals surface area contributed by atoms with Crippen LogP contribution in [0.25, 0.3) is 0 Å². The molecule has 0 aromatic carbocycles. The minimum atomic E-state index is 0.306. The number of hydrogen-bond donors (Lipinski definition) is 3. The zero-order valence-electron chi connectivity index (χ0n) is 7.79. The van der Waals surface area contributed by atoms with Gasteiger partial charge in [-0.05, 0) is 6.92 Å². The van der Waals surface area contributed by atoms with Crippen LogP contribution in [0.5, 0.6) is 5.75 Å². The molecule has 1 aromatic heterocycles. The number of nitrogens with one attached hydrogen (secondary N) is 2. The molecule has 0 saturated heterocycles. The van der Waals surface area contributed by atoms with Crippen LogP contribution in [0, 0.1) is 5.41 Å². The van der Waals surface area contributed by atoms with Gasteiger partial charge in [0.25, 0.3) is 0 Å². The second-order valence-electron chi connectivity index (χ2n) is 2.50. The zero-order chi connectivity index (χ0) is 9.84. The Morgan fingerprint density at radius 1 is 1.69 bits per heavy atom. The van der Waals surface area contributed by atoms with Crippen molar-refractivity contribution in [2.45, 2.75) is 6.92 Å². The van der Waals surface area contributed by atoms with Crippen LogP contribution in [0.2, 0.25) is 0 Å². The quantitative estimate of drug-likeness (QED) is 0.621. The minimum absolute atomic E-state index is 0.306. The maximum atomic E-state index is 7.55. The standard InChI is InChI=1S/C8H14N4O/c1-3-13-7-4-8(10)12(11-2)5-6(7)9/h4-5,10-11H,3,9H2,1-2H3. The first-order chi connectivity index (χ1) is 6.19. The van der Waals surface area contributed by atoms with E-state index in [1.165, 1.54) is 4.68 Å². The van der Waals surface area contributed by atoms with Gasteiger partial charge < -0.3 is 15.9 Å². The van der Waals surface area contributed by atoms with Gasteiger partial charge in [-0.2, -0.15) is 0 Å². The van der Waals surface area contributed by atoms with Gasteiger partial charge in [-0.3, -0.25) is 5.41 Å². The number of nitrogens with zero attached hydrogens (tertiary/aromatic N) is 1. The molecule has 0 unspecified atom stereocenters. The molecule has 5 nitrogen and oxygen atoms in total. The van der Waals surface area contributed by atoms with Crippen LogP contribution in [-0.2, 0) is 0 Å². The first-order valence-corrected chi connectivity index (χ1v) is 4.06. The summed E-state index contributed by atoms with van der Waals surface area (Å²) in [6.07, 6.45) is 1.62. The molecule has 72 valence electrons. The van der Waals surface area contributed by atoms with E-state index in [1.807, 2.05) is 6.92 Å². The minimum Gasteiger partial charge on any atom is -0.492 e. The Bertz CT molecular complexity index is 344. The van der Waals surface area contributed by atoms with Crippen molar-refractivity contribution >= 4 is 5.69 Å². The molecule has 0 saturated carbocycles. The number of nitrogen functional groups attached to an aromatic ring is 1. The molecule has 1 aromatic rings. The van der Waals surface area contributed by atoms with Crippen LogP contribution in [-0.4, -0.2) is 18.3 Å². The van der Waals surface area contributed by atoms with Gasteiger partial charge in [0.05, 0.1) is 18.5 Å². The third kappa shape index (κ3) is 1.93. The van der Waals surface area contributed by atoms with Crippen molar-refractivity contribution in [2.24, 2.45) is 0 Å². The van der Waals surface area contributed by atoms with Crippen LogP contribution in [0.1, 0.15) is 6.92 Å². The topological polar surface area (TPSA) is 76.1 Å². The lowest BCUT2D eigenvalue weighted by Crippen LogP contribution is -2.26. The van der Waals surface area contributed by atoms with Gasteiger partial charge in [0.15, 0.2) is 0 Å². The predicted molar refractivity (Wildman–Crippen MR) is 51.2 cm³/mol. The van der Waals surface area contributed by atoms with Gasteiger partial charge in [-0.15, -0.1) is 0 Å². The maximum absolute atomic E-state index is 7.55. The van der Waals surface area contributed by atoms with Gasteiger partial charge in [0, 0.05) is 13.1 Å². The molecular weight excluding hydrogens is 168 g/mol. The molecule has 4 N–H and O–H groups in total. The van der Waals surface area contributed by atoms with E-state index in [9.17, 15) is 0 Å². The third-order valence-electron chi connectivity index (χ3n) is 1.62. The van der Waals surface area contributed by atoms with E-state index >= 15 is 0 Å². The summed E-state index contributed by atoms with van der Waals surface area (Å²) in [7, 11) is 1.72. The number of anilines is 1. The predicted octanol–water partition coefficient (Wildman–Crippen LogP) is 0.122. The fourth-order valence-corrected chi connectivity index (χ4v) is 1.01. The Labute approximate surface area is 76.6 Å². The van der Waals surface area contributed by atoms with Gasteiger partial charge >= 0.3 is 0 Å². The first-order valence-electron chi connectivity index (χ1n) is 4.06. The molecule has 0 fully saturated rings. The molecule has 1 heterocycles. The summed E-state index contributed by atoms with van der Waals surface area (Å²) in [5, 5.41) is 7.55. The molecule has 0 radical (unpaired) electrons. The lowest BCUT2D eigenvalue weighted by Gasteiger charge is -2.10. The lowest BCUT2D eigenvalue weighted by atomic mass is 10.4. The van der Waals surface area contributed by atoms with Crippen LogP contribution in [0.4, 0.5) is 5.69 Å². The molecule has 0 atom stereocenters. The smallest absolute Gasteiger partial charge is 0.147 e. The van der Waals surface area contributed by atoms with Gasteiger partial charge in [-0.1, -0.05) is 0 Å². The van der Waals surface area contributed by atoms with E-state index < -0.39 is 0 Å². The fourth-order valence-electron chi connectivity index (χ4n) is 1.01. The number of ether oxygens (including phenoxy) is 1. The maximum Gasteiger partial charge on any atom is 0.147 e. The summed E-state index contributed by atoms with van der Waals surface area (Å²) >= 11 is 0. The molecule has 0 aliphatic rings. The Balaban J connectivity index is 3.13. The molecule has 0 aliphatic heterocycles. The monoisotopic (exact) mass is 182 g/mol. The largest absolute Gasteiger partial charge is 0.492 e. The van der Waals surface area contributed by atoms with Crippen molar-refractivity contribution in [3.05, 3.63) is 17.8 Å². The SMILES string of the molecule is CCOc1cc(=N)n(NC)cc1N. The van der Waals surface area contributed by atoms with E-state index in [-0.39, 0.29) is 0 Å². The summed E-state index contributed by atoms with van der Waals surface area (Å²) in [6.45, 7) is 2.43. The average molecular weight is 182 g/mol. The van der Waals surface area contributed by atoms with E-state index in [0.717, 1.165) is 0 Å². The number of hydrogen-bond acceptors (Lipinski definition) is 4. The highest BCUT2D eigenvalue weighted by molar-refractivity contribution is 5.49. The zero-order valence-corrected chi connectivity index (χ0v) is 7.79. The molecule has 0 amide bonds. The van der Waals surface area contributed by atoms with Crippen molar-refractivity contribution in [2.75, 3.05) is 24.8 Å².